The SMILES string of the molecule is S=C(SN1CCOCC1)C1CNCCO1. The summed E-state index contributed by atoms with van der Waals surface area (Å²) in [4.78, 5) is 0. The van der Waals surface area contributed by atoms with Gasteiger partial charge in [0.2, 0.25) is 0 Å². The summed E-state index contributed by atoms with van der Waals surface area (Å²) in [5.74, 6) is 0. The quantitative estimate of drug-likeness (QED) is 0.558. The van der Waals surface area contributed by atoms with Crippen molar-refractivity contribution in [3.05, 3.63) is 0 Å². The van der Waals surface area contributed by atoms with E-state index in [0.717, 1.165) is 50.2 Å². The molecule has 1 atom stereocenters. The monoisotopic (exact) mass is 248 g/mol. The zero-order chi connectivity index (χ0) is 10.5. The Morgan fingerprint density at radius 3 is 2.80 bits per heavy atom. The molecule has 4 nitrogen and oxygen atoms in total. The van der Waals surface area contributed by atoms with Gasteiger partial charge < -0.3 is 14.8 Å². The van der Waals surface area contributed by atoms with Crippen LogP contribution in [0.1, 0.15) is 0 Å². The highest BCUT2D eigenvalue weighted by Gasteiger charge is 2.22. The summed E-state index contributed by atoms with van der Waals surface area (Å²) in [6.45, 7) is 6.04. The molecule has 0 radical (unpaired) electrons. The number of nitrogens with one attached hydrogen (secondary N) is 1. The first-order valence-electron chi connectivity index (χ1n) is 5.23. The topological polar surface area (TPSA) is 33.7 Å². The molecule has 2 heterocycles. The molecule has 1 N–H and O–H groups in total. The van der Waals surface area contributed by atoms with Crippen LogP contribution in [0, 0.1) is 0 Å². The van der Waals surface area contributed by atoms with Crippen LogP contribution in [0.4, 0.5) is 0 Å². The van der Waals surface area contributed by atoms with E-state index in [9.17, 15) is 0 Å². The largest absolute Gasteiger partial charge is 0.379 e. The van der Waals surface area contributed by atoms with E-state index in [1.54, 1.807) is 11.9 Å². The molecule has 2 fully saturated rings. The molecule has 2 rings (SSSR count). The van der Waals surface area contributed by atoms with Crippen molar-refractivity contribution >= 4 is 28.4 Å². The molecule has 1 unspecified atom stereocenters. The highest BCUT2D eigenvalue weighted by Crippen LogP contribution is 2.18. The molecule has 0 aromatic rings. The van der Waals surface area contributed by atoms with Crippen molar-refractivity contribution in [3.63, 3.8) is 0 Å². The minimum atomic E-state index is 0.0848. The van der Waals surface area contributed by atoms with Crippen LogP contribution in [-0.2, 0) is 9.47 Å². The molecule has 0 bridgehead atoms. The summed E-state index contributed by atoms with van der Waals surface area (Å²) >= 11 is 7.02. The van der Waals surface area contributed by atoms with Crippen molar-refractivity contribution in [1.29, 1.82) is 0 Å². The molecule has 0 spiro atoms. The van der Waals surface area contributed by atoms with E-state index in [1.807, 2.05) is 0 Å². The molecular weight excluding hydrogens is 232 g/mol. The lowest BCUT2D eigenvalue weighted by molar-refractivity contribution is 0.0721. The van der Waals surface area contributed by atoms with E-state index in [2.05, 4.69) is 9.62 Å². The van der Waals surface area contributed by atoms with E-state index < -0.39 is 0 Å². The third-order valence-corrected chi connectivity index (χ3v) is 3.93. The second kappa shape index (κ2) is 6.12. The maximum atomic E-state index is 5.60. The van der Waals surface area contributed by atoms with Gasteiger partial charge in [0.05, 0.1) is 24.0 Å². The van der Waals surface area contributed by atoms with E-state index in [1.165, 1.54) is 0 Å². The van der Waals surface area contributed by atoms with Gasteiger partial charge in [-0.2, -0.15) is 0 Å². The van der Waals surface area contributed by atoms with Gasteiger partial charge in [-0.25, -0.2) is 4.31 Å². The predicted molar refractivity (Wildman–Crippen MR) is 65.2 cm³/mol. The van der Waals surface area contributed by atoms with Crippen molar-refractivity contribution in [2.45, 2.75) is 6.10 Å². The molecular formula is C9H16N2O2S2. The summed E-state index contributed by atoms with van der Waals surface area (Å²) in [6, 6.07) is 0. The molecule has 2 saturated heterocycles. The summed E-state index contributed by atoms with van der Waals surface area (Å²) in [7, 11) is 0. The number of hydrogen-bond acceptors (Lipinski definition) is 6. The van der Waals surface area contributed by atoms with Crippen LogP contribution in [-0.4, -0.2) is 60.6 Å². The first-order chi connectivity index (χ1) is 7.36. The summed E-state index contributed by atoms with van der Waals surface area (Å²) in [5.41, 5.74) is 0. The minimum absolute atomic E-state index is 0.0848. The fourth-order valence-electron chi connectivity index (χ4n) is 1.54. The van der Waals surface area contributed by atoms with Gasteiger partial charge in [0, 0.05) is 26.2 Å². The van der Waals surface area contributed by atoms with Gasteiger partial charge in [-0.05, 0) is 11.9 Å². The highest BCUT2D eigenvalue weighted by atomic mass is 32.2. The van der Waals surface area contributed by atoms with Crippen LogP contribution in [0.5, 0.6) is 0 Å². The van der Waals surface area contributed by atoms with Gasteiger partial charge in [0.25, 0.3) is 0 Å². The van der Waals surface area contributed by atoms with Crippen LogP contribution in [0.2, 0.25) is 0 Å². The van der Waals surface area contributed by atoms with Crippen LogP contribution in [0.3, 0.4) is 0 Å². The van der Waals surface area contributed by atoms with Gasteiger partial charge >= 0.3 is 0 Å². The first-order valence-corrected chi connectivity index (χ1v) is 6.41. The summed E-state index contributed by atoms with van der Waals surface area (Å²) in [5, 5.41) is 3.28. The van der Waals surface area contributed by atoms with Crippen LogP contribution in [0.25, 0.3) is 0 Å². The Balaban J connectivity index is 1.74. The number of ether oxygens (including phenoxy) is 2. The predicted octanol–water partition coefficient (Wildman–Crippen LogP) is 0.283. The molecule has 6 heteroatoms. The van der Waals surface area contributed by atoms with Gasteiger partial charge in [0.15, 0.2) is 0 Å². The molecule has 2 aliphatic heterocycles. The first kappa shape index (κ1) is 11.8. The summed E-state index contributed by atoms with van der Waals surface area (Å²) in [6.07, 6.45) is 0.0848. The number of morpholine rings is 2. The Labute approximate surface area is 99.8 Å². The highest BCUT2D eigenvalue weighted by molar-refractivity contribution is 8.21. The third kappa shape index (κ3) is 3.65. The van der Waals surface area contributed by atoms with Crippen LogP contribution >= 0.6 is 24.2 Å². The van der Waals surface area contributed by atoms with E-state index in [0.29, 0.717) is 0 Å². The van der Waals surface area contributed by atoms with Crippen molar-refractivity contribution in [2.75, 3.05) is 46.0 Å². The summed E-state index contributed by atoms with van der Waals surface area (Å²) < 4.78 is 14.1. The Bertz CT molecular complexity index is 216. The smallest absolute Gasteiger partial charge is 0.112 e. The zero-order valence-electron chi connectivity index (χ0n) is 8.61. The fraction of sp³-hybridized carbons (Fsp3) is 0.889. The van der Waals surface area contributed by atoms with Crippen molar-refractivity contribution in [2.24, 2.45) is 0 Å². The van der Waals surface area contributed by atoms with E-state index in [4.69, 9.17) is 21.7 Å². The minimum Gasteiger partial charge on any atom is -0.379 e. The second-order valence-electron chi connectivity index (χ2n) is 3.52. The number of nitrogens with zero attached hydrogens (tertiary/aromatic N) is 1. The van der Waals surface area contributed by atoms with Gasteiger partial charge in [0.1, 0.15) is 6.10 Å². The van der Waals surface area contributed by atoms with Crippen molar-refractivity contribution in [3.8, 4) is 0 Å². The maximum absolute atomic E-state index is 5.60. The van der Waals surface area contributed by atoms with Gasteiger partial charge in [-0.3, -0.25) is 0 Å². The standard InChI is InChI=1S/C9H16N2O2S2/c14-9(8-7-10-1-4-13-8)15-11-2-5-12-6-3-11/h8,10H,1-7H2. The number of rotatable bonds is 2. The van der Waals surface area contributed by atoms with Crippen LogP contribution in [0.15, 0.2) is 0 Å². The Hall–Kier alpha value is 0.280. The number of hydrogen-bond donors (Lipinski definition) is 1. The molecule has 0 aliphatic carbocycles. The second-order valence-corrected chi connectivity index (χ2v) is 5.35. The molecule has 0 saturated carbocycles. The van der Waals surface area contributed by atoms with Gasteiger partial charge in [-0.1, -0.05) is 12.2 Å². The van der Waals surface area contributed by atoms with Crippen molar-refractivity contribution < 1.29 is 9.47 Å². The van der Waals surface area contributed by atoms with E-state index >= 15 is 0 Å². The Morgan fingerprint density at radius 2 is 2.13 bits per heavy atom. The van der Waals surface area contributed by atoms with Crippen LogP contribution < -0.4 is 5.32 Å². The van der Waals surface area contributed by atoms with E-state index in [-0.39, 0.29) is 6.10 Å². The molecule has 0 amide bonds. The molecule has 2 aliphatic rings. The zero-order valence-corrected chi connectivity index (χ0v) is 10.2. The molecule has 0 aromatic carbocycles. The normalized spacial score (nSPS) is 28.9. The molecule has 86 valence electrons. The number of thiocarbonyl (C=S) groups is 1. The van der Waals surface area contributed by atoms with Gasteiger partial charge in [-0.15, -0.1) is 0 Å². The fourth-order valence-corrected chi connectivity index (χ4v) is 2.86. The molecule has 0 aromatic heterocycles. The average molecular weight is 248 g/mol. The molecule has 15 heavy (non-hydrogen) atoms. The third-order valence-electron chi connectivity index (χ3n) is 2.38. The average Bonchev–Trinajstić information content (AvgIpc) is 2.31. The lowest BCUT2D eigenvalue weighted by Crippen LogP contribution is -2.43. The van der Waals surface area contributed by atoms with Crippen molar-refractivity contribution in [1.82, 2.24) is 9.62 Å². The lowest BCUT2D eigenvalue weighted by Gasteiger charge is -2.29. The Kier molecular flexibility index (Phi) is 4.80. The maximum Gasteiger partial charge on any atom is 0.112 e. The Morgan fingerprint density at radius 1 is 1.33 bits per heavy atom. The lowest BCUT2D eigenvalue weighted by atomic mass is 10.3.